The molecule has 0 saturated carbocycles. The maximum absolute atomic E-state index is 13.7. The molecular formula is C15H12FNO5S2. The summed E-state index contributed by atoms with van der Waals surface area (Å²) < 4.78 is 13.7. The first-order valence-electron chi connectivity index (χ1n) is 6.77. The summed E-state index contributed by atoms with van der Waals surface area (Å²) in [6, 6.07) is 4.44. The summed E-state index contributed by atoms with van der Waals surface area (Å²) in [6.07, 6.45) is 0.606. The lowest BCUT2D eigenvalue weighted by molar-refractivity contribution is -0.146. The Hall–Kier alpha value is -2.26. The Kier molecular flexibility index (Phi) is 5.68. The summed E-state index contributed by atoms with van der Waals surface area (Å²) in [6.45, 7) is 0. The molecule has 1 aliphatic heterocycles. The van der Waals surface area contributed by atoms with Gasteiger partial charge in [0, 0.05) is 12.0 Å². The lowest BCUT2D eigenvalue weighted by atomic mass is 10.1. The molecule has 1 atom stereocenters. The number of aliphatic carboxylic acids is 2. The van der Waals surface area contributed by atoms with Crippen LogP contribution in [0.15, 0.2) is 29.2 Å². The highest BCUT2D eigenvalue weighted by Gasteiger charge is 2.40. The molecule has 0 aliphatic carbocycles. The highest BCUT2D eigenvalue weighted by Crippen LogP contribution is 2.35. The molecule has 6 nitrogen and oxygen atoms in total. The number of nitrogens with zero attached hydrogens (tertiary/aromatic N) is 1. The fourth-order valence-electron chi connectivity index (χ4n) is 2.11. The molecule has 0 unspecified atom stereocenters. The van der Waals surface area contributed by atoms with Crippen LogP contribution in [0, 0.1) is 5.82 Å². The van der Waals surface area contributed by atoms with Crippen molar-refractivity contribution in [3.8, 4) is 0 Å². The molecule has 1 aromatic carbocycles. The lowest BCUT2D eigenvalue weighted by Crippen LogP contribution is -2.44. The van der Waals surface area contributed by atoms with Gasteiger partial charge >= 0.3 is 11.9 Å². The maximum Gasteiger partial charge on any atom is 0.326 e. The van der Waals surface area contributed by atoms with E-state index in [1.54, 1.807) is 6.07 Å². The van der Waals surface area contributed by atoms with Gasteiger partial charge in [-0.15, -0.1) is 0 Å². The molecule has 1 heterocycles. The third-order valence-corrected chi connectivity index (χ3v) is 4.57. The van der Waals surface area contributed by atoms with Crippen LogP contribution in [0.25, 0.3) is 6.08 Å². The van der Waals surface area contributed by atoms with Gasteiger partial charge in [0.15, 0.2) is 0 Å². The second kappa shape index (κ2) is 7.54. The lowest BCUT2D eigenvalue weighted by Gasteiger charge is -2.22. The molecule has 2 N–H and O–H groups in total. The average Bonchev–Trinajstić information content (AvgIpc) is 2.77. The van der Waals surface area contributed by atoms with E-state index in [2.05, 4.69) is 0 Å². The van der Waals surface area contributed by atoms with Crippen molar-refractivity contribution in [2.24, 2.45) is 0 Å². The van der Waals surface area contributed by atoms with Gasteiger partial charge in [-0.1, -0.05) is 42.2 Å². The van der Waals surface area contributed by atoms with Crippen molar-refractivity contribution < 1.29 is 29.0 Å². The molecule has 126 valence electrons. The zero-order chi connectivity index (χ0) is 17.9. The zero-order valence-electron chi connectivity index (χ0n) is 12.1. The molecule has 0 aromatic heterocycles. The average molecular weight is 369 g/mol. The first kappa shape index (κ1) is 18.1. The van der Waals surface area contributed by atoms with Gasteiger partial charge in [0.05, 0.1) is 4.91 Å². The second-order valence-electron chi connectivity index (χ2n) is 4.86. The number of benzene rings is 1. The summed E-state index contributed by atoms with van der Waals surface area (Å²) in [5.74, 6) is -3.72. The number of carboxylic acids is 2. The zero-order valence-corrected chi connectivity index (χ0v) is 13.8. The molecule has 0 radical (unpaired) electrons. The summed E-state index contributed by atoms with van der Waals surface area (Å²) >= 11 is 5.90. The summed E-state index contributed by atoms with van der Waals surface area (Å²) in [5.41, 5.74) is 0.176. The topological polar surface area (TPSA) is 94.9 Å². The molecule has 0 spiro atoms. The number of thiocarbonyl (C=S) groups is 1. The van der Waals surface area contributed by atoms with Gasteiger partial charge in [0.25, 0.3) is 5.91 Å². The van der Waals surface area contributed by atoms with Gasteiger partial charge in [-0.2, -0.15) is 0 Å². The highest BCUT2D eigenvalue weighted by atomic mass is 32.2. The molecule has 1 amide bonds. The largest absolute Gasteiger partial charge is 0.481 e. The monoisotopic (exact) mass is 369 g/mol. The SMILES string of the molecule is O=C(O)CC[C@@H](C(=O)O)N1C(=O)/C(=C/c2ccccc2F)SC1=S. The number of carbonyl (C=O) groups excluding carboxylic acids is 1. The van der Waals surface area contributed by atoms with Crippen molar-refractivity contribution in [1.82, 2.24) is 4.90 Å². The van der Waals surface area contributed by atoms with Crippen LogP contribution in [-0.2, 0) is 14.4 Å². The fraction of sp³-hybridized carbons (Fsp3) is 0.200. The molecule has 9 heteroatoms. The van der Waals surface area contributed by atoms with Crippen LogP contribution in [0.2, 0.25) is 0 Å². The summed E-state index contributed by atoms with van der Waals surface area (Å²) in [4.78, 5) is 35.4. The third-order valence-electron chi connectivity index (χ3n) is 3.24. The number of rotatable bonds is 6. The number of thioether (sulfide) groups is 1. The first-order valence-corrected chi connectivity index (χ1v) is 8.00. The molecule has 24 heavy (non-hydrogen) atoms. The van der Waals surface area contributed by atoms with E-state index in [1.165, 1.54) is 24.3 Å². The minimum Gasteiger partial charge on any atom is -0.481 e. The van der Waals surface area contributed by atoms with Crippen LogP contribution >= 0.6 is 24.0 Å². The van der Waals surface area contributed by atoms with Crippen molar-refractivity contribution in [1.29, 1.82) is 0 Å². The van der Waals surface area contributed by atoms with E-state index in [1.807, 2.05) is 0 Å². The molecular weight excluding hydrogens is 357 g/mol. The Balaban J connectivity index is 2.28. The number of carbonyl (C=O) groups is 3. The van der Waals surface area contributed by atoms with Crippen LogP contribution in [0.1, 0.15) is 18.4 Å². The van der Waals surface area contributed by atoms with Gasteiger partial charge in [-0.25, -0.2) is 9.18 Å². The van der Waals surface area contributed by atoms with Crippen molar-refractivity contribution >= 4 is 52.2 Å². The molecule has 2 rings (SSSR count). The van der Waals surface area contributed by atoms with Gasteiger partial charge in [0.2, 0.25) is 0 Å². The Morgan fingerprint density at radius 2 is 2.00 bits per heavy atom. The maximum atomic E-state index is 13.7. The Morgan fingerprint density at radius 1 is 1.33 bits per heavy atom. The Bertz CT molecular complexity index is 749. The number of halogens is 1. The number of amides is 1. The fourth-order valence-corrected chi connectivity index (χ4v) is 3.45. The molecule has 1 aliphatic rings. The van der Waals surface area contributed by atoms with Gasteiger partial charge in [-0.05, 0) is 18.6 Å². The Labute approximate surface area is 146 Å². The quantitative estimate of drug-likeness (QED) is 0.587. The molecule has 1 saturated heterocycles. The predicted molar refractivity (Wildman–Crippen MR) is 89.7 cm³/mol. The van der Waals surface area contributed by atoms with E-state index in [9.17, 15) is 23.9 Å². The van der Waals surface area contributed by atoms with E-state index >= 15 is 0 Å². The molecule has 0 bridgehead atoms. The van der Waals surface area contributed by atoms with Crippen molar-refractivity contribution in [3.05, 3.63) is 40.6 Å². The normalized spacial score (nSPS) is 17.4. The summed E-state index contributed by atoms with van der Waals surface area (Å²) in [7, 11) is 0. The van der Waals surface area contributed by atoms with E-state index in [-0.39, 0.29) is 21.2 Å². The number of hydrogen-bond donors (Lipinski definition) is 2. The van der Waals surface area contributed by atoms with Crippen LogP contribution in [0.3, 0.4) is 0 Å². The van der Waals surface area contributed by atoms with Crippen LogP contribution < -0.4 is 0 Å². The first-order chi connectivity index (χ1) is 11.3. The summed E-state index contributed by atoms with van der Waals surface area (Å²) in [5, 5.41) is 18.0. The molecule has 1 fully saturated rings. The van der Waals surface area contributed by atoms with Crippen LogP contribution in [0.5, 0.6) is 0 Å². The molecule has 1 aromatic rings. The van der Waals surface area contributed by atoms with Gasteiger partial charge in [0.1, 0.15) is 16.2 Å². The van der Waals surface area contributed by atoms with Gasteiger partial charge in [-0.3, -0.25) is 14.5 Å². The Morgan fingerprint density at radius 3 is 2.58 bits per heavy atom. The second-order valence-corrected chi connectivity index (χ2v) is 6.54. The van der Waals surface area contributed by atoms with Crippen molar-refractivity contribution in [2.75, 3.05) is 0 Å². The van der Waals surface area contributed by atoms with Crippen molar-refractivity contribution in [3.63, 3.8) is 0 Å². The van der Waals surface area contributed by atoms with E-state index in [0.717, 1.165) is 16.7 Å². The van der Waals surface area contributed by atoms with E-state index in [0.29, 0.717) is 0 Å². The number of hydrogen-bond acceptors (Lipinski definition) is 5. The van der Waals surface area contributed by atoms with E-state index < -0.39 is 36.1 Å². The predicted octanol–water partition coefficient (Wildman–Crippen LogP) is 2.34. The minimum absolute atomic E-state index is 0.000350. The van der Waals surface area contributed by atoms with Gasteiger partial charge < -0.3 is 10.2 Å². The third kappa shape index (κ3) is 3.98. The number of carboxylic acid groups (broad SMARTS) is 2. The van der Waals surface area contributed by atoms with Crippen LogP contribution in [-0.4, -0.2) is 43.3 Å². The smallest absolute Gasteiger partial charge is 0.326 e. The van der Waals surface area contributed by atoms with E-state index in [4.69, 9.17) is 17.3 Å². The van der Waals surface area contributed by atoms with Crippen molar-refractivity contribution in [2.45, 2.75) is 18.9 Å². The standard InChI is InChI=1S/C15H12FNO5S2/c16-9-4-2-1-3-8(9)7-11-13(20)17(15(23)24-11)10(14(21)22)5-6-12(18)19/h1-4,7,10H,5-6H2,(H,18,19)(H,21,22)/b11-7-/t10-/m0/s1. The minimum atomic E-state index is -1.37. The highest BCUT2D eigenvalue weighted by molar-refractivity contribution is 8.26. The van der Waals surface area contributed by atoms with Crippen LogP contribution in [0.4, 0.5) is 4.39 Å².